The summed E-state index contributed by atoms with van der Waals surface area (Å²) in [6.45, 7) is 0. The van der Waals surface area contributed by atoms with E-state index in [0.717, 1.165) is 29.1 Å². The summed E-state index contributed by atoms with van der Waals surface area (Å²) >= 11 is 1.57. The van der Waals surface area contributed by atoms with Crippen molar-refractivity contribution >= 4 is 17.2 Å². The fraction of sp³-hybridized carbons (Fsp3) is 0.500. The number of piperidine rings is 1. The lowest BCUT2D eigenvalue weighted by Gasteiger charge is -2.35. The first-order chi connectivity index (χ1) is 11.7. The van der Waals surface area contributed by atoms with Gasteiger partial charge in [-0.05, 0) is 37.8 Å². The van der Waals surface area contributed by atoms with Gasteiger partial charge in [0.1, 0.15) is 5.01 Å². The van der Waals surface area contributed by atoms with Gasteiger partial charge in [-0.3, -0.25) is 9.78 Å². The highest BCUT2D eigenvalue weighted by Crippen LogP contribution is 2.29. The molecule has 2 aromatic rings. The summed E-state index contributed by atoms with van der Waals surface area (Å²) in [6, 6.07) is 5.46. The van der Waals surface area contributed by atoms with Crippen molar-refractivity contribution in [3.8, 4) is 10.6 Å². The summed E-state index contributed by atoms with van der Waals surface area (Å²) in [7, 11) is 1.95. The highest BCUT2D eigenvalue weighted by Gasteiger charge is 2.36. The number of carbonyl (C=O) groups excluding carboxylic acids is 1. The standard InChI is InChI=1S/C18H22N4OS/c1-22(16-7-13-4-5-14(8-16)20-13)17(23)9-15-11-24-18(21-15)12-3-2-6-19-10-12/h2-3,6,10-11,13-14,16,20H,4-5,7-9H2,1H3. The van der Waals surface area contributed by atoms with Crippen LogP contribution >= 0.6 is 11.3 Å². The summed E-state index contributed by atoms with van der Waals surface area (Å²) < 4.78 is 0. The van der Waals surface area contributed by atoms with E-state index in [1.807, 2.05) is 29.5 Å². The normalized spacial score (nSPS) is 25.6. The monoisotopic (exact) mass is 342 g/mol. The Kier molecular flexibility index (Phi) is 4.33. The molecule has 2 bridgehead atoms. The molecule has 5 nitrogen and oxygen atoms in total. The number of carbonyl (C=O) groups is 1. The average Bonchev–Trinajstić information content (AvgIpc) is 3.21. The number of thiazole rings is 1. The molecule has 0 saturated carbocycles. The minimum atomic E-state index is 0.171. The van der Waals surface area contributed by atoms with Gasteiger partial charge in [0.2, 0.25) is 5.91 Å². The summed E-state index contributed by atoms with van der Waals surface area (Å²) in [4.78, 5) is 23.3. The Morgan fingerprint density at radius 3 is 2.88 bits per heavy atom. The topological polar surface area (TPSA) is 58.1 Å². The first-order valence-electron chi connectivity index (χ1n) is 8.55. The Balaban J connectivity index is 1.40. The van der Waals surface area contributed by atoms with Gasteiger partial charge in [0, 0.05) is 48.5 Å². The molecule has 1 N–H and O–H groups in total. The van der Waals surface area contributed by atoms with Gasteiger partial charge in [-0.2, -0.15) is 0 Å². The van der Waals surface area contributed by atoms with Crippen molar-refractivity contribution < 1.29 is 4.79 Å². The smallest absolute Gasteiger partial charge is 0.228 e. The molecule has 6 heteroatoms. The van der Waals surface area contributed by atoms with Crippen LogP contribution in [-0.2, 0) is 11.2 Å². The van der Waals surface area contributed by atoms with Crippen LogP contribution in [0, 0.1) is 0 Å². The molecule has 0 spiro atoms. The molecule has 2 saturated heterocycles. The molecule has 2 aliphatic rings. The van der Waals surface area contributed by atoms with E-state index in [1.54, 1.807) is 23.7 Å². The van der Waals surface area contributed by atoms with Crippen molar-refractivity contribution in [1.82, 2.24) is 20.2 Å². The van der Waals surface area contributed by atoms with Crippen molar-refractivity contribution in [2.45, 2.75) is 50.2 Å². The van der Waals surface area contributed by atoms with E-state index in [0.29, 0.717) is 24.5 Å². The lowest BCUT2D eigenvalue weighted by atomic mass is 9.98. The number of aromatic nitrogens is 2. The molecule has 126 valence electrons. The number of nitrogens with one attached hydrogen (secondary N) is 1. The summed E-state index contributed by atoms with van der Waals surface area (Å²) in [5.74, 6) is 0.171. The molecular formula is C18H22N4OS. The molecule has 4 heterocycles. The largest absolute Gasteiger partial charge is 0.342 e. The van der Waals surface area contributed by atoms with Crippen molar-refractivity contribution in [3.05, 3.63) is 35.6 Å². The number of amides is 1. The molecular weight excluding hydrogens is 320 g/mol. The van der Waals surface area contributed by atoms with Gasteiger partial charge in [0.15, 0.2) is 0 Å². The molecule has 2 fully saturated rings. The van der Waals surface area contributed by atoms with Crippen molar-refractivity contribution in [2.24, 2.45) is 0 Å². The summed E-state index contributed by atoms with van der Waals surface area (Å²) in [6.07, 6.45) is 8.61. The Labute approximate surface area is 146 Å². The second-order valence-electron chi connectivity index (χ2n) is 6.83. The number of hydrogen-bond donors (Lipinski definition) is 1. The van der Waals surface area contributed by atoms with Crippen LogP contribution in [0.4, 0.5) is 0 Å². The van der Waals surface area contributed by atoms with Gasteiger partial charge in [-0.1, -0.05) is 0 Å². The zero-order chi connectivity index (χ0) is 16.5. The maximum atomic E-state index is 12.6. The molecule has 2 aromatic heterocycles. The van der Waals surface area contributed by atoms with Gasteiger partial charge >= 0.3 is 0 Å². The predicted octanol–water partition coefficient (Wildman–Crippen LogP) is 2.49. The highest BCUT2D eigenvalue weighted by molar-refractivity contribution is 7.13. The number of rotatable bonds is 4. The third-order valence-corrected chi connectivity index (χ3v) is 6.12. The van der Waals surface area contributed by atoms with E-state index in [4.69, 9.17) is 0 Å². The first-order valence-corrected chi connectivity index (χ1v) is 9.43. The molecule has 2 unspecified atom stereocenters. The van der Waals surface area contributed by atoms with Gasteiger partial charge in [-0.25, -0.2) is 4.98 Å². The van der Waals surface area contributed by atoms with Gasteiger partial charge in [0.25, 0.3) is 0 Å². The molecule has 4 rings (SSSR count). The molecule has 0 aromatic carbocycles. The number of fused-ring (bicyclic) bond motifs is 2. The summed E-state index contributed by atoms with van der Waals surface area (Å²) in [5, 5.41) is 6.54. The predicted molar refractivity (Wildman–Crippen MR) is 94.8 cm³/mol. The van der Waals surface area contributed by atoms with Crippen LogP contribution in [0.15, 0.2) is 29.9 Å². The second kappa shape index (κ2) is 6.61. The van der Waals surface area contributed by atoms with Crippen LogP contribution in [0.25, 0.3) is 10.6 Å². The molecule has 2 aliphatic heterocycles. The highest BCUT2D eigenvalue weighted by atomic mass is 32.1. The van der Waals surface area contributed by atoms with E-state index in [2.05, 4.69) is 15.3 Å². The van der Waals surface area contributed by atoms with Gasteiger partial charge in [-0.15, -0.1) is 11.3 Å². The van der Waals surface area contributed by atoms with Gasteiger partial charge in [0.05, 0.1) is 12.1 Å². The zero-order valence-electron chi connectivity index (χ0n) is 13.8. The van der Waals surface area contributed by atoms with Crippen LogP contribution in [-0.4, -0.2) is 45.9 Å². The Bertz CT molecular complexity index is 705. The van der Waals surface area contributed by atoms with Crippen LogP contribution in [0.3, 0.4) is 0 Å². The van der Waals surface area contributed by atoms with E-state index < -0.39 is 0 Å². The number of likely N-dealkylation sites (N-methyl/N-ethyl adjacent to an activating group) is 1. The lowest BCUT2D eigenvalue weighted by Crippen LogP contribution is -2.49. The van der Waals surface area contributed by atoms with Crippen molar-refractivity contribution in [3.63, 3.8) is 0 Å². The third kappa shape index (κ3) is 3.21. The summed E-state index contributed by atoms with van der Waals surface area (Å²) in [5.41, 5.74) is 1.86. The Morgan fingerprint density at radius 1 is 1.38 bits per heavy atom. The molecule has 0 radical (unpaired) electrons. The molecule has 1 amide bonds. The van der Waals surface area contributed by atoms with Crippen LogP contribution < -0.4 is 5.32 Å². The first kappa shape index (κ1) is 15.7. The Hall–Kier alpha value is -1.79. The van der Waals surface area contributed by atoms with Gasteiger partial charge < -0.3 is 10.2 Å². The second-order valence-corrected chi connectivity index (χ2v) is 7.69. The fourth-order valence-corrected chi connectivity index (χ4v) is 4.65. The number of hydrogen-bond acceptors (Lipinski definition) is 5. The number of nitrogens with zero attached hydrogens (tertiary/aromatic N) is 3. The Morgan fingerprint density at radius 2 is 2.17 bits per heavy atom. The minimum absolute atomic E-state index is 0.171. The molecule has 0 aliphatic carbocycles. The molecule has 2 atom stereocenters. The van der Waals surface area contributed by atoms with E-state index in [9.17, 15) is 4.79 Å². The molecule has 24 heavy (non-hydrogen) atoms. The van der Waals surface area contributed by atoms with Crippen LogP contribution in [0.1, 0.15) is 31.4 Å². The quantitative estimate of drug-likeness (QED) is 0.927. The van der Waals surface area contributed by atoms with Crippen LogP contribution in [0.2, 0.25) is 0 Å². The zero-order valence-corrected chi connectivity index (χ0v) is 14.6. The van der Waals surface area contributed by atoms with E-state index in [1.165, 1.54) is 12.8 Å². The maximum Gasteiger partial charge on any atom is 0.228 e. The van der Waals surface area contributed by atoms with E-state index in [-0.39, 0.29) is 5.91 Å². The average molecular weight is 342 g/mol. The van der Waals surface area contributed by atoms with Crippen molar-refractivity contribution in [2.75, 3.05) is 7.05 Å². The fourth-order valence-electron chi connectivity index (χ4n) is 3.84. The lowest BCUT2D eigenvalue weighted by molar-refractivity contribution is -0.132. The van der Waals surface area contributed by atoms with Crippen molar-refractivity contribution in [1.29, 1.82) is 0 Å². The minimum Gasteiger partial charge on any atom is -0.342 e. The van der Waals surface area contributed by atoms with Crippen LogP contribution in [0.5, 0.6) is 0 Å². The maximum absolute atomic E-state index is 12.6. The SMILES string of the molecule is CN(C(=O)Cc1csc(-c2cccnc2)n1)C1CC2CCC(C1)N2. The number of pyridine rings is 1. The third-order valence-electron chi connectivity index (χ3n) is 5.18. The van der Waals surface area contributed by atoms with E-state index >= 15 is 0 Å².